The van der Waals surface area contributed by atoms with Crippen LogP contribution in [0.5, 0.6) is 0 Å². The highest BCUT2D eigenvalue weighted by Gasteiger charge is 2.26. The van der Waals surface area contributed by atoms with Crippen molar-refractivity contribution in [3.63, 3.8) is 0 Å². The zero-order chi connectivity index (χ0) is 16.3. The fourth-order valence-corrected chi connectivity index (χ4v) is 4.88. The smallest absolute Gasteiger partial charge is 0.240 e. The van der Waals surface area contributed by atoms with Gasteiger partial charge in [0.25, 0.3) is 10.2 Å². The van der Waals surface area contributed by atoms with Crippen LogP contribution < -0.4 is 4.72 Å². The Morgan fingerprint density at radius 1 is 1.35 bits per heavy atom. The van der Waals surface area contributed by atoms with Crippen LogP contribution in [0.15, 0.2) is 35.7 Å². The predicted molar refractivity (Wildman–Crippen MR) is 93.3 cm³/mol. The van der Waals surface area contributed by atoms with Crippen molar-refractivity contribution < 1.29 is 8.42 Å². The molecule has 2 aromatic rings. The van der Waals surface area contributed by atoms with E-state index in [0.717, 1.165) is 29.1 Å². The highest BCUT2D eigenvalue weighted by Crippen LogP contribution is 2.23. The molecule has 5 nitrogen and oxygen atoms in total. The SMILES string of the molecule is CC1CCCN(S(=O)(=O)NCc2csc(-c3ccccc3)n2)C1. The molecule has 1 fully saturated rings. The molecule has 0 amide bonds. The van der Waals surface area contributed by atoms with Crippen LogP contribution >= 0.6 is 11.3 Å². The van der Waals surface area contributed by atoms with E-state index in [1.54, 1.807) is 4.31 Å². The fourth-order valence-electron chi connectivity index (χ4n) is 2.72. The minimum Gasteiger partial charge on any atom is -0.240 e. The number of aromatic nitrogens is 1. The van der Waals surface area contributed by atoms with Crippen molar-refractivity contribution in [2.24, 2.45) is 5.92 Å². The molecule has 3 rings (SSSR count). The Labute approximate surface area is 141 Å². The average Bonchev–Trinajstić information content (AvgIpc) is 3.03. The number of thiazole rings is 1. The molecule has 2 heterocycles. The summed E-state index contributed by atoms with van der Waals surface area (Å²) in [4.78, 5) is 4.52. The Bertz CT molecular complexity index is 744. The minimum atomic E-state index is -3.42. The maximum atomic E-state index is 12.4. The molecule has 1 aromatic heterocycles. The standard InChI is InChI=1S/C16H21N3O2S2/c1-13-6-5-9-19(11-13)23(20,21)17-10-15-12-22-16(18-15)14-7-3-2-4-8-14/h2-4,7-8,12-13,17H,5-6,9-11H2,1H3. The lowest BCUT2D eigenvalue weighted by Crippen LogP contribution is -2.45. The molecule has 1 N–H and O–H groups in total. The molecule has 1 aromatic carbocycles. The van der Waals surface area contributed by atoms with E-state index in [1.165, 1.54) is 11.3 Å². The van der Waals surface area contributed by atoms with Gasteiger partial charge >= 0.3 is 0 Å². The number of piperidine rings is 1. The van der Waals surface area contributed by atoms with E-state index < -0.39 is 10.2 Å². The van der Waals surface area contributed by atoms with E-state index >= 15 is 0 Å². The van der Waals surface area contributed by atoms with E-state index in [9.17, 15) is 8.42 Å². The maximum Gasteiger partial charge on any atom is 0.279 e. The van der Waals surface area contributed by atoms with Gasteiger partial charge in [0.15, 0.2) is 0 Å². The first-order valence-electron chi connectivity index (χ1n) is 7.79. The van der Waals surface area contributed by atoms with Crippen molar-refractivity contribution in [3.8, 4) is 10.6 Å². The molecule has 124 valence electrons. The molecule has 1 unspecified atom stereocenters. The van der Waals surface area contributed by atoms with Crippen LogP contribution in [0, 0.1) is 5.92 Å². The number of hydrogen-bond donors (Lipinski definition) is 1. The summed E-state index contributed by atoms with van der Waals surface area (Å²) in [6.07, 6.45) is 2.02. The maximum absolute atomic E-state index is 12.4. The fraction of sp³-hybridized carbons (Fsp3) is 0.438. The molecule has 0 aliphatic carbocycles. The van der Waals surface area contributed by atoms with Crippen LogP contribution in [0.3, 0.4) is 0 Å². The molecule has 0 bridgehead atoms. The second-order valence-electron chi connectivity index (χ2n) is 5.94. The van der Waals surface area contributed by atoms with Gasteiger partial charge in [-0.25, -0.2) is 4.98 Å². The van der Waals surface area contributed by atoms with E-state index in [1.807, 2.05) is 35.7 Å². The van der Waals surface area contributed by atoms with Crippen LogP contribution in [0.2, 0.25) is 0 Å². The summed E-state index contributed by atoms with van der Waals surface area (Å²) in [5.41, 5.74) is 1.80. The Kier molecular flexibility index (Phi) is 5.11. The molecule has 1 aliphatic rings. The quantitative estimate of drug-likeness (QED) is 0.901. The Balaban J connectivity index is 1.63. The summed E-state index contributed by atoms with van der Waals surface area (Å²) < 4.78 is 29.0. The highest BCUT2D eigenvalue weighted by atomic mass is 32.2. The monoisotopic (exact) mass is 351 g/mol. The summed E-state index contributed by atoms with van der Waals surface area (Å²) in [6.45, 7) is 3.53. The van der Waals surface area contributed by atoms with Crippen molar-refractivity contribution >= 4 is 21.5 Å². The third-order valence-electron chi connectivity index (χ3n) is 3.97. The second kappa shape index (κ2) is 7.09. The predicted octanol–water partition coefficient (Wildman–Crippen LogP) is 2.88. The largest absolute Gasteiger partial charge is 0.279 e. The van der Waals surface area contributed by atoms with E-state index in [-0.39, 0.29) is 6.54 Å². The number of nitrogens with one attached hydrogen (secondary N) is 1. The Hall–Kier alpha value is -1.28. The molecule has 0 saturated carbocycles. The molecular formula is C16H21N3O2S2. The lowest BCUT2D eigenvalue weighted by molar-refractivity contribution is 0.278. The van der Waals surface area contributed by atoms with Gasteiger partial charge in [0.05, 0.1) is 12.2 Å². The first kappa shape index (κ1) is 16.6. The summed E-state index contributed by atoms with van der Waals surface area (Å²) in [5.74, 6) is 0.421. The number of nitrogens with zero attached hydrogens (tertiary/aromatic N) is 2. The minimum absolute atomic E-state index is 0.233. The van der Waals surface area contributed by atoms with E-state index in [0.29, 0.717) is 19.0 Å². The third-order valence-corrected chi connectivity index (χ3v) is 6.43. The van der Waals surface area contributed by atoms with Crippen molar-refractivity contribution in [3.05, 3.63) is 41.4 Å². The summed E-state index contributed by atoms with van der Waals surface area (Å²) in [7, 11) is -3.42. The second-order valence-corrected chi connectivity index (χ2v) is 8.55. The molecule has 1 saturated heterocycles. The zero-order valence-corrected chi connectivity index (χ0v) is 14.7. The number of benzene rings is 1. The molecule has 0 spiro atoms. The van der Waals surface area contributed by atoms with Crippen molar-refractivity contribution in [2.75, 3.05) is 13.1 Å². The van der Waals surface area contributed by atoms with Crippen LogP contribution in [0.25, 0.3) is 10.6 Å². The van der Waals surface area contributed by atoms with E-state index in [2.05, 4.69) is 16.6 Å². The van der Waals surface area contributed by atoms with Crippen LogP contribution in [0.1, 0.15) is 25.5 Å². The van der Waals surface area contributed by atoms with Crippen molar-refractivity contribution in [1.82, 2.24) is 14.0 Å². The average molecular weight is 351 g/mol. The van der Waals surface area contributed by atoms with Gasteiger partial charge in [-0.2, -0.15) is 17.4 Å². The first-order valence-corrected chi connectivity index (χ1v) is 10.1. The Morgan fingerprint density at radius 3 is 2.87 bits per heavy atom. The number of rotatable bonds is 5. The summed E-state index contributed by atoms with van der Waals surface area (Å²) in [5, 5.41) is 2.82. The van der Waals surface area contributed by atoms with Gasteiger partial charge in [-0.3, -0.25) is 0 Å². The lowest BCUT2D eigenvalue weighted by Gasteiger charge is -2.29. The van der Waals surface area contributed by atoms with Gasteiger partial charge < -0.3 is 0 Å². The van der Waals surface area contributed by atoms with Crippen LogP contribution in [-0.4, -0.2) is 30.8 Å². The first-order chi connectivity index (χ1) is 11.0. The topological polar surface area (TPSA) is 62.3 Å². The van der Waals surface area contributed by atoms with Crippen molar-refractivity contribution in [1.29, 1.82) is 0 Å². The third kappa shape index (κ3) is 4.17. The van der Waals surface area contributed by atoms with Gasteiger partial charge in [0.2, 0.25) is 0 Å². The van der Waals surface area contributed by atoms with Gasteiger partial charge in [-0.05, 0) is 18.8 Å². The lowest BCUT2D eigenvalue weighted by atomic mass is 10.0. The number of hydrogen-bond acceptors (Lipinski definition) is 4. The van der Waals surface area contributed by atoms with Gasteiger partial charge in [0.1, 0.15) is 5.01 Å². The van der Waals surface area contributed by atoms with Crippen LogP contribution in [-0.2, 0) is 16.8 Å². The van der Waals surface area contributed by atoms with Gasteiger partial charge in [-0.15, -0.1) is 11.3 Å². The molecule has 1 aliphatic heterocycles. The molecule has 23 heavy (non-hydrogen) atoms. The van der Waals surface area contributed by atoms with Gasteiger partial charge in [0, 0.05) is 24.0 Å². The normalized spacial score (nSPS) is 19.8. The molecule has 7 heteroatoms. The van der Waals surface area contributed by atoms with E-state index in [4.69, 9.17) is 0 Å². The van der Waals surface area contributed by atoms with Crippen molar-refractivity contribution in [2.45, 2.75) is 26.3 Å². The van der Waals surface area contributed by atoms with Crippen LogP contribution in [0.4, 0.5) is 0 Å². The summed E-state index contributed by atoms with van der Waals surface area (Å²) in [6, 6.07) is 9.91. The molecule has 1 atom stereocenters. The Morgan fingerprint density at radius 2 is 2.13 bits per heavy atom. The highest BCUT2D eigenvalue weighted by molar-refractivity contribution is 7.87. The zero-order valence-electron chi connectivity index (χ0n) is 13.1. The summed E-state index contributed by atoms with van der Waals surface area (Å²) >= 11 is 1.53. The molecule has 0 radical (unpaired) electrons. The van der Waals surface area contributed by atoms with Gasteiger partial charge in [-0.1, -0.05) is 37.3 Å². The molecular weight excluding hydrogens is 330 g/mol.